The number of phenols is 1. The van der Waals surface area contributed by atoms with Crippen LogP contribution in [0.2, 0.25) is 5.02 Å². The third-order valence-corrected chi connectivity index (χ3v) is 3.82. The van der Waals surface area contributed by atoms with E-state index in [1.165, 1.54) is 0 Å². The summed E-state index contributed by atoms with van der Waals surface area (Å²) >= 11 is 5.90. The molecular weight excluding hydrogens is 286 g/mol. The van der Waals surface area contributed by atoms with E-state index < -0.39 is 0 Å². The zero-order valence-electron chi connectivity index (χ0n) is 12.4. The molecule has 0 aromatic heterocycles. The molecule has 2 aromatic carbocycles. The quantitative estimate of drug-likeness (QED) is 0.856. The largest absolute Gasteiger partial charge is 0.508 e. The van der Waals surface area contributed by atoms with E-state index >= 15 is 0 Å². The van der Waals surface area contributed by atoms with Gasteiger partial charge < -0.3 is 15.2 Å². The number of methoxy groups -OCH3 is 1. The molecule has 2 atom stereocenters. The Bertz CT molecular complexity index is 598. The molecule has 0 amide bonds. The van der Waals surface area contributed by atoms with Gasteiger partial charge in [0.25, 0.3) is 0 Å². The van der Waals surface area contributed by atoms with Crippen LogP contribution in [0.25, 0.3) is 0 Å². The van der Waals surface area contributed by atoms with Crippen molar-refractivity contribution < 1.29 is 9.84 Å². The van der Waals surface area contributed by atoms with Crippen molar-refractivity contribution in [2.24, 2.45) is 0 Å². The van der Waals surface area contributed by atoms with Crippen molar-refractivity contribution in [1.29, 1.82) is 0 Å². The number of aromatic hydroxyl groups is 1. The standard InChI is InChI=1S/C17H20ClNO2/c1-11(13-4-6-14(18)7-5-13)19-12(2)16-10-15(21-3)8-9-17(16)20/h4-12,19-20H,1-3H3. The molecule has 0 radical (unpaired) electrons. The average Bonchev–Trinajstić information content (AvgIpc) is 2.48. The van der Waals surface area contributed by atoms with Crippen LogP contribution in [0.15, 0.2) is 42.5 Å². The number of benzene rings is 2. The molecule has 3 nitrogen and oxygen atoms in total. The van der Waals surface area contributed by atoms with Gasteiger partial charge in [0.15, 0.2) is 0 Å². The summed E-state index contributed by atoms with van der Waals surface area (Å²) in [6.07, 6.45) is 0. The fraction of sp³-hybridized carbons (Fsp3) is 0.294. The molecule has 0 aliphatic rings. The highest BCUT2D eigenvalue weighted by atomic mass is 35.5. The molecule has 21 heavy (non-hydrogen) atoms. The molecule has 0 fully saturated rings. The first-order valence-electron chi connectivity index (χ1n) is 6.89. The summed E-state index contributed by atoms with van der Waals surface area (Å²) in [5.41, 5.74) is 1.96. The Morgan fingerprint density at radius 2 is 1.71 bits per heavy atom. The predicted octanol–water partition coefficient (Wildman–Crippen LogP) is 4.47. The van der Waals surface area contributed by atoms with Crippen molar-refractivity contribution in [3.8, 4) is 11.5 Å². The Balaban J connectivity index is 2.13. The molecule has 2 aromatic rings. The molecule has 2 rings (SSSR count). The van der Waals surface area contributed by atoms with Crippen molar-refractivity contribution in [2.45, 2.75) is 25.9 Å². The van der Waals surface area contributed by atoms with Gasteiger partial charge in [-0.25, -0.2) is 0 Å². The van der Waals surface area contributed by atoms with Gasteiger partial charge in [0.05, 0.1) is 7.11 Å². The average molecular weight is 306 g/mol. The summed E-state index contributed by atoms with van der Waals surface area (Å²) in [4.78, 5) is 0. The molecule has 0 aliphatic heterocycles. The van der Waals surface area contributed by atoms with Gasteiger partial charge in [-0.15, -0.1) is 0 Å². The summed E-state index contributed by atoms with van der Waals surface area (Å²) in [5, 5.41) is 14.2. The van der Waals surface area contributed by atoms with Crippen LogP contribution in [0.1, 0.15) is 37.1 Å². The summed E-state index contributed by atoms with van der Waals surface area (Å²) in [6, 6.07) is 13.1. The Hall–Kier alpha value is -1.71. The smallest absolute Gasteiger partial charge is 0.120 e. The highest BCUT2D eigenvalue weighted by Crippen LogP contribution is 2.30. The van der Waals surface area contributed by atoms with Crippen LogP contribution in [0.4, 0.5) is 0 Å². The van der Waals surface area contributed by atoms with E-state index in [1.54, 1.807) is 19.2 Å². The monoisotopic (exact) mass is 305 g/mol. The van der Waals surface area contributed by atoms with Crippen molar-refractivity contribution >= 4 is 11.6 Å². The molecule has 0 saturated carbocycles. The van der Waals surface area contributed by atoms with E-state index in [4.69, 9.17) is 16.3 Å². The number of halogens is 1. The first-order valence-corrected chi connectivity index (χ1v) is 7.27. The van der Waals surface area contributed by atoms with Crippen LogP contribution in [0.3, 0.4) is 0 Å². The van der Waals surface area contributed by atoms with Gasteiger partial charge in [-0.2, -0.15) is 0 Å². The van der Waals surface area contributed by atoms with E-state index in [9.17, 15) is 5.11 Å². The van der Waals surface area contributed by atoms with Gasteiger partial charge in [0, 0.05) is 22.7 Å². The van der Waals surface area contributed by atoms with Crippen molar-refractivity contribution in [2.75, 3.05) is 7.11 Å². The minimum absolute atomic E-state index is 0.00854. The molecule has 112 valence electrons. The molecule has 4 heteroatoms. The van der Waals surface area contributed by atoms with Crippen LogP contribution in [0.5, 0.6) is 11.5 Å². The molecule has 0 bridgehead atoms. The Kier molecular flexibility index (Phi) is 5.10. The Morgan fingerprint density at radius 1 is 1.05 bits per heavy atom. The maximum Gasteiger partial charge on any atom is 0.120 e. The molecule has 2 N–H and O–H groups in total. The molecule has 0 heterocycles. The predicted molar refractivity (Wildman–Crippen MR) is 86.1 cm³/mol. The summed E-state index contributed by atoms with van der Waals surface area (Å²) < 4.78 is 5.21. The molecule has 0 saturated heterocycles. The van der Waals surface area contributed by atoms with E-state index in [2.05, 4.69) is 12.2 Å². The first-order chi connectivity index (χ1) is 10.0. The molecule has 0 spiro atoms. The van der Waals surface area contributed by atoms with Gasteiger partial charge in [0.2, 0.25) is 0 Å². The van der Waals surface area contributed by atoms with Crippen LogP contribution >= 0.6 is 11.6 Å². The lowest BCUT2D eigenvalue weighted by Crippen LogP contribution is -2.22. The van der Waals surface area contributed by atoms with Crippen molar-refractivity contribution in [1.82, 2.24) is 5.32 Å². The Labute approximate surface area is 130 Å². The minimum Gasteiger partial charge on any atom is -0.508 e. The Morgan fingerprint density at radius 3 is 2.33 bits per heavy atom. The van der Waals surface area contributed by atoms with Gasteiger partial charge >= 0.3 is 0 Å². The summed E-state index contributed by atoms with van der Waals surface area (Å²) in [6.45, 7) is 4.10. The number of rotatable bonds is 5. The fourth-order valence-corrected chi connectivity index (χ4v) is 2.44. The fourth-order valence-electron chi connectivity index (χ4n) is 2.32. The highest BCUT2D eigenvalue weighted by molar-refractivity contribution is 6.30. The molecule has 0 aliphatic carbocycles. The highest BCUT2D eigenvalue weighted by Gasteiger charge is 2.15. The first kappa shape index (κ1) is 15.7. The topological polar surface area (TPSA) is 41.5 Å². The molecule has 2 unspecified atom stereocenters. The zero-order chi connectivity index (χ0) is 15.4. The third kappa shape index (κ3) is 3.90. The van der Waals surface area contributed by atoms with Gasteiger partial charge in [-0.3, -0.25) is 0 Å². The second kappa shape index (κ2) is 6.83. The maximum atomic E-state index is 10.0. The number of hydrogen-bond acceptors (Lipinski definition) is 3. The van der Waals surface area contributed by atoms with E-state index in [1.807, 2.05) is 37.3 Å². The van der Waals surface area contributed by atoms with Crippen LogP contribution < -0.4 is 10.1 Å². The van der Waals surface area contributed by atoms with E-state index in [-0.39, 0.29) is 17.8 Å². The lowest BCUT2D eigenvalue weighted by molar-refractivity contribution is 0.405. The second-order valence-corrected chi connectivity index (χ2v) is 5.52. The van der Waals surface area contributed by atoms with Gasteiger partial charge in [0.1, 0.15) is 11.5 Å². The number of nitrogens with one attached hydrogen (secondary N) is 1. The third-order valence-electron chi connectivity index (χ3n) is 3.57. The SMILES string of the molecule is COc1ccc(O)c(C(C)NC(C)c2ccc(Cl)cc2)c1. The van der Waals surface area contributed by atoms with Gasteiger partial charge in [-0.05, 0) is 49.7 Å². The summed E-state index contributed by atoms with van der Waals surface area (Å²) in [7, 11) is 1.62. The lowest BCUT2D eigenvalue weighted by Gasteiger charge is -2.22. The number of phenolic OH excluding ortho intramolecular Hbond substituents is 1. The minimum atomic E-state index is -0.00854. The van der Waals surface area contributed by atoms with Crippen LogP contribution in [-0.4, -0.2) is 12.2 Å². The van der Waals surface area contributed by atoms with E-state index in [0.717, 1.165) is 21.9 Å². The lowest BCUT2D eigenvalue weighted by atomic mass is 10.0. The zero-order valence-corrected chi connectivity index (χ0v) is 13.2. The summed E-state index contributed by atoms with van der Waals surface area (Å²) in [5.74, 6) is 0.995. The number of hydrogen-bond donors (Lipinski definition) is 2. The van der Waals surface area contributed by atoms with Crippen molar-refractivity contribution in [3.63, 3.8) is 0 Å². The normalized spacial score (nSPS) is 13.7. The van der Waals surface area contributed by atoms with Crippen LogP contribution in [-0.2, 0) is 0 Å². The number of ether oxygens (including phenoxy) is 1. The van der Waals surface area contributed by atoms with Gasteiger partial charge in [-0.1, -0.05) is 23.7 Å². The van der Waals surface area contributed by atoms with E-state index in [0.29, 0.717) is 0 Å². The second-order valence-electron chi connectivity index (χ2n) is 5.09. The maximum absolute atomic E-state index is 10.0. The van der Waals surface area contributed by atoms with Crippen LogP contribution in [0, 0.1) is 0 Å². The van der Waals surface area contributed by atoms with Crippen molar-refractivity contribution in [3.05, 3.63) is 58.6 Å². The molecular formula is C17H20ClNO2.